The molecule has 0 spiro atoms. The first-order valence-electron chi connectivity index (χ1n) is 5.14. The number of nitrogens with zero attached hydrogens (tertiary/aromatic N) is 2. The summed E-state index contributed by atoms with van der Waals surface area (Å²) in [6, 6.07) is 0. The average Bonchev–Trinajstić information content (AvgIpc) is 2.93. The third kappa shape index (κ3) is 5.50. The first-order valence-corrected chi connectivity index (χ1v) is 5.14. The summed E-state index contributed by atoms with van der Waals surface area (Å²) < 4.78 is 5.05. The number of imidazole rings is 2. The minimum atomic E-state index is -0.468. The zero-order valence-corrected chi connectivity index (χ0v) is 10.1. The van der Waals surface area contributed by atoms with E-state index in [-0.39, 0.29) is 5.82 Å². The molecule has 0 aliphatic heterocycles. The number of rotatable bonds is 1. The SMILES string of the molecule is CC(C)(C)OC(=O)c1ncc[nH]1.c1c[nH]cn1. The van der Waals surface area contributed by atoms with Crippen molar-refractivity contribution in [2.45, 2.75) is 26.4 Å². The van der Waals surface area contributed by atoms with Crippen molar-refractivity contribution >= 4 is 5.97 Å². The van der Waals surface area contributed by atoms with Crippen molar-refractivity contribution in [3.05, 3.63) is 36.9 Å². The highest BCUT2D eigenvalue weighted by Gasteiger charge is 2.18. The molecule has 2 aromatic heterocycles. The number of nitrogens with one attached hydrogen (secondary N) is 2. The number of ether oxygens (including phenoxy) is 1. The second kappa shape index (κ2) is 5.83. The summed E-state index contributed by atoms with van der Waals surface area (Å²) in [5, 5.41) is 0. The van der Waals surface area contributed by atoms with Crippen molar-refractivity contribution in [3.8, 4) is 0 Å². The predicted molar refractivity (Wildman–Crippen MR) is 62.3 cm³/mol. The average molecular weight is 236 g/mol. The molecule has 0 unspecified atom stereocenters. The van der Waals surface area contributed by atoms with E-state index in [1.165, 1.54) is 6.20 Å². The molecule has 0 bridgehead atoms. The Hall–Kier alpha value is -2.11. The molecule has 0 saturated heterocycles. The van der Waals surface area contributed by atoms with Crippen LogP contribution in [0.1, 0.15) is 31.4 Å². The zero-order chi connectivity index (χ0) is 12.7. The van der Waals surface area contributed by atoms with Gasteiger partial charge in [0.05, 0.1) is 6.33 Å². The molecular weight excluding hydrogens is 220 g/mol. The van der Waals surface area contributed by atoms with Crippen LogP contribution in [0.25, 0.3) is 0 Å². The fourth-order valence-corrected chi connectivity index (χ4v) is 0.918. The number of H-pyrrole nitrogens is 2. The molecule has 0 aliphatic rings. The van der Waals surface area contributed by atoms with Crippen molar-refractivity contribution in [1.82, 2.24) is 19.9 Å². The topological polar surface area (TPSA) is 83.7 Å². The molecule has 0 fully saturated rings. The summed E-state index contributed by atoms with van der Waals surface area (Å²) in [6.45, 7) is 5.44. The molecule has 2 rings (SSSR count). The predicted octanol–water partition coefficient (Wildman–Crippen LogP) is 1.77. The molecule has 0 aliphatic carbocycles. The summed E-state index contributed by atoms with van der Waals surface area (Å²) in [6.07, 6.45) is 8.18. The molecule has 6 heteroatoms. The maximum absolute atomic E-state index is 11.2. The number of aromatic amines is 2. The number of hydrogen-bond acceptors (Lipinski definition) is 4. The maximum Gasteiger partial charge on any atom is 0.374 e. The van der Waals surface area contributed by atoms with E-state index in [4.69, 9.17) is 4.74 Å². The normalized spacial score (nSPS) is 10.3. The van der Waals surface area contributed by atoms with Gasteiger partial charge in [0.25, 0.3) is 0 Å². The third-order valence-corrected chi connectivity index (χ3v) is 1.50. The first-order chi connectivity index (χ1) is 7.99. The number of esters is 1. The van der Waals surface area contributed by atoms with Crippen LogP contribution in [0.15, 0.2) is 31.1 Å². The van der Waals surface area contributed by atoms with Gasteiger partial charge in [-0.25, -0.2) is 14.8 Å². The van der Waals surface area contributed by atoms with Gasteiger partial charge in [-0.05, 0) is 20.8 Å². The quantitative estimate of drug-likeness (QED) is 0.739. The molecular formula is C11H16N4O2. The van der Waals surface area contributed by atoms with Gasteiger partial charge < -0.3 is 14.7 Å². The fraction of sp³-hybridized carbons (Fsp3) is 0.364. The van der Waals surface area contributed by atoms with E-state index in [9.17, 15) is 4.79 Å². The molecule has 2 aromatic rings. The summed E-state index contributed by atoms with van der Waals surface area (Å²) in [5.41, 5.74) is -0.468. The Labute approximate surface area is 99.5 Å². The Balaban J connectivity index is 0.000000239. The van der Waals surface area contributed by atoms with Crippen LogP contribution in [0.3, 0.4) is 0 Å². The van der Waals surface area contributed by atoms with E-state index in [0.717, 1.165) is 0 Å². The lowest BCUT2D eigenvalue weighted by Gasteiger charge is -2.18. The lowest BCUT2D eigenvalue weighted by molar-refractivity contribution is 0.00568. The molecule has 0 radical (unpaired) electrons. The summed E-state index contributed by atoms with van der Waals surface area (Å²) >= 11 is 0. The summed E-state index contributed by atoms with van der Waals surface area (Å²) in [4.78, 5) is 24.1. The van der Waals surface area contributed by atoms with Crippen molar-refractivity contribution < 1.29 is 9.53 Å². The summed E-state index contributed by atoms with van der Waals surface area (Å²) in [7, 11) is 0. The van der Waals surface area contributed by atoms with Crippen LogP contribution in [0, 0.1) is 0 Å². The molecule has 2 N–H and O–H groups in total. The van der Waals surface area contributed by atoms with Crippen LogP contribution in [0.4, 0.5) is 0 Å². The molecule has 0 amide bonds. The van der Waals surface area contributed by atoms with Crippen LogP contribution < -0.4 is 0 Å². The number of carbonyl (C=O) groups excluding carboxylic acids is 1. The van der Waals surface area contributed by atoms with Gasteiger partial charge in [0.15, 0.2) is 0 Å². The van der Waals surface area contributed by atoms with Crippen LogP contribution >= 0.6 is 0 Å². The Kier molecular flexibility index (Phi) is 4.45. The van der Waals surface area contributed by atoms with Crippen LogP contribution in [0.5, 0.6) is 0 Å². The van der Waals surface area contributed by atoms with Gasteiger partial charge in [0.2, 0.25) is 5.82 Å². The largest absolute Gasteiger partial charge is 0.454 e. The molecule has 2 heterocycles. The van der Waals surface area contributed by atoms with E-state index in [0.29, 0.717) is 0 Å². The molecule has 17 heavy (non-hydrogen) atoms. The summed E-state index contributed by atoms with van der Waals surface area (Å²) in [5.74, 6) is -0.183. The Morgan fingerprint density at radius 3 is 2.41 bits per heavy atom. The van der Waals surface area contributed by atoms with Gasteiger partial charge in [-0.3, -0.25) is 0 Å². The van der Waals surface area contributed by atoms with Crippen molar-refractivity contribution in [1.29, 1.82) is 0 Å². The highest BCUT2D eigenvalue weighted by molar-refractivity contribution is 5.85. The van der Waals surface area contributed by atoms with E-state index in [1.54, 1.807) is 24.9 Å². The number of aromatic nitrogens is 4. The smallest absolute Gasteiger partial charge is 0.374 e. The number of hydrogen-bond donors (Lipinski definition) is 2. The van der Waals surface area contributed by atoms with Crippen molar-refractivity contribution in [2.24, 2.45) is 0 Å². The first kappa shape index (κ1) is 13.0. The highest BCUT2D eigenvalue weighted by Crippen LogP contribution is 2.09. The van der Waals surface area contributed by atoms with E-state index < -0.39 is 11.6 Å². The monoisotopic (exact) mass is 236 g/mol. The molecule has 0 aromatic carbocycles. The van der Waals surface area contributed by atoms with E-state index in [2.05, 4.69) is 19.9 Å². The second-order valence-corrected chi connectivity index (χ2v) is 4.20. The minimum Gasteiger partial charge on any atom is -0.454 e. The van der Waals surface area contributed by atoms with Gasteiger partial charge >= 0.3 is 5.97 Å². The van der Waals surface area contributed by atoms with Crippen molar-refractivity contribution in [2.75, 3.05) is 0 Å². The Morgan fingerprint density at radius 1 is 1.29 bits per heavy atom. The molecule has 0 saturated carbocycles. The number of carbonyl (C=O) groups is 1. The minimum absolute atomic E-state index is 0.241. The van der Waals surface area contributed by atoms with Crippen LogP contribution in [0.2, 0.25) is 0 Å². The highest BCUT2D eigenvalue weighted by atomic mass is 16.6. The lowest BCUT2D eigenvalue weighted by Crippen LogP contribution is -2.24. The van der Waals surface area contributed by atoms with Crippen molar-refractivity contribution in [3.63, 3.8) is 0 Å². The Bertz CT molecular complexity index is 398. The maximum atomic E-state index is 11.2. The van der Waals surface area contributed by atoms with Crippen LogP contribution in [-0.2, 0) is 4.74 Å². The van der Waals surface area contributed by atoms with E-state index >= 15 is 0 Å². The molecule has 6 nitrogen and oxygen atoms in total. The lowest BCUT2D eigenvalue weighted by atomic mass is 10.2. The molecule has 0 atom stereocenters. The van der Waals surface area contributed by atoms with Gasteiger partial charge in [-0.15, -0.1) is 0 Å². The van der Waals surface area contributed by atoms with Gasteiger partial charge in [-0.2, -0.15) is 0 Å². The molecule has 92 valence electrons. The van der Waals surface area contributed by atoms with Gasteiger partial charge in [0.1, 0.15) is 5.60 Å². The van der Waals surface area contributed by atoms with Crippen LogP contribution in [-0.4, -0.2) is 31.5 Å². The standard InChI is InChI=1S/C8H12N2O2.C3H4N2/c1-8(2,3)12-7(11)6-9-4-5-10-6;1-2-5-3-4-1/h4-5H,1-3H3,(H,9,10);1-3H,(H,4,5). The zero-order valence-electron chi connectivity index (χ0n) is 10.1. The van der Waals surface area contributed by atoms with Gasteiger partial charge in [-0.1, -0.05) is 0 Å². The fourth-order valence-electron chi connectivity index (χ4n) is 0.918. The van der Waals surface area contributed by atoms with E-state index in [1.807, 2.05) is 20.8 Å². The second-order valence-electron chi connectivity index (χ2n) is 4.20. The third-order valence-electron chi connectivity index (χ3n) is 1.50. The van der Waals surface area contributed by atoms with Gasteiger partial charge in [0, 0.05) is 24.8 Å². The Morgan fingerprint density at radius 2 is 2.06 bits per heavy atom.